The normalized spacial score (nSPS) is 10.0. The van der Waals surface area contributed by atoms with Gasteiger partial charge in [0.1, 0.15) is 0 Å². The molecule has 21 heavy (non-hydrogen) atoms. The molecule has 0 aromatic heterocycles. The number of carbonyl (C=O) groups excluding carboxylic acids is 2. The van der Waals surface area contributed by atoms with Crippen LogP contribution in [0, 0.1) is 6.92 Å². The van der Waals surface area contributed by atoms with Gasteiger partial charge in [0.25, 0.3) is 5.91 Å². The maximum absolute atomic E-state index is 11.8. The minimum atomic E-state index is -0.515. The van der Waals surface area contributed by atoms with Gasteiger partial charge in [0, 0.05) is 10.2 Å². The molecule has 1 amide bonds. The first kappa shape index (κ1) is 15.3. The molecule has 0 bridgehead atoms. The lowest BCUT2D eigenvalue weighted by Gasteiger charge is -2.09. The SMILES string of the molecule is Cc1cc(Br)ccc1NC(=O)COC(=O)c1ccccc1. The summed E-state index contributed by atoms with van der Waals surface area (Å²) >= 11 is 3.36. The smallest absolute Gasteiger partial charge is 0.338 e. The lowest BCUT2D eigenvalue weighted by Crippen LogP contribution is -2.21. The quantitative estimate of drug-likeness (QED) is 0.860. The number of amides is 1. The number of benzene rings is 2. The van der Waals surface area contributed by atoms with Gasteiger partial charge in [0.05, 0.1) is 5.56 Å². The molecule has 0 saturated heterocycles. The average Bonchev–Trinajstić information content (AvgIpc) is 2.48. The first-order valence-electron chi connectivity index (χ1n) is 6.34. The highest BCUT2D eigenvalue weighted by molar-refractivity contribution is 9.10. The fourth-order valence-corrected chi connectivity index (χ4v) is 2.22. The van der Waals surface area contributed by atoms with E-state index in [9.17, 15) is 9.59 Å². The van der Waals surface area contributed by atoms with Crippen molar-refractivity contribution < 1.29 is 14.3 Å². The van der Waals surface area contributed by atoms with Crippen molar-refractivity contribution in [2.45, 2.75) is 6.92 Å². The van der Waals surface area contributed by atoms with E-state index in [1.165, 1.54) is 0 Å². The van der Waals surface area contributed by atoms with E-state index in [2.05, 4.69) is 21.2 Å². The van der Waals surface area contributed by atoms with Crippen LogP contribution in [0.3, 0.4) is 0 Å². The molecule has 0 fully saturated rings. The Bertz CT molecular complexity index is 656. The third-order valence-corrected chi connectivity index (χ3v) is 3.30. The summed E-state index contributed by atoms with van der Waals surface area (Å²) in [6.07, 6.45) is 0. The van der Waals surface area contributed by atoms with Gasteiger partial charge in [-0.15, -0.1) is 0 Å². The summed E-state index contributed by atoms with van der Waals surface area (Å²) < 4.78 is 5.90. The first-order valence-corrected chi connectivity index (χ1v) is 7.14. The van der Waals surface area contributed by atoms with E-state index < -0.39 is 5.97 Å². The summed E-state index contributed by atoms with van der Waals surface area (Å²) in [6, 6.07) is 14.1. The Morgan fingerprint density at radius 2 is 1.86 bits per heavy atom. The number of esters is 1. The second kappa shape index (κ2) is 7.04. The van der Waals surface area contributed by atoms with Gasteiger partial charge in [-0.3, -0.25) is 4.79 Å². The van der Waals surface area contributed by atoms with Gasteiger partial charge in [0.2, 0.25) is 0 Å². The molecule has 0 aliphatic heterocycles. The highest BCUT2D eigenvalue weighted by atomic mass is 79.9. The maximum atomic E-state index is 11.8. The van der Waals surface area contributed by atoms with Crippen molar-refractivity contribution in [3.63, 3.8) is 0 Å². The number of hydrogen-bond acceptors (Lipinski definition) is 3. The number of carbonyl (C=O) groups is 2. The van der Waals surface area contributed by atoms with Crippen LogP contribution in [0.15, 0.2) is 53.0 Å². The summed E-state index contributed by atoms with van der Waals surface area (Å²) in [5.74, 6) is -0.886. The van der Waals surface area contributed by atoms with Crippen LogP contribution in [0.4, 0.5) is 5.69 Å². The Hall–Kier alpha value is -2.14. The minimum absolute atomic E-state index is 0.316. The lowest BCUT2D eigenvalue weighted by atomic mass is 10.2. The van der Waals surface area contributed by atoms with Gasteiger partial charge in [-0.2, -0.15) is 0 Å². The molecule has 108 valence electrons. The molecule has 0 radical (unpaired) electrons. The number of hydrogen-bond donors (Lipinski definition) is 1. The van der Waals surface area contributed by atoms with E-state index in [1.807, 2.05) is 19.1 Å². The van der Waals surface area contributed by atoms with Crippen LogP contribution in [0.25, 0.3) is 0 Å². The second-order valence-corrected chi connectivity index (χ2v) is 5.37. The number of anilines is 1. The predicted octanol–water partition coefficient (Wildman–Crippen LogP) is 3.55. The Labute approximate surface area is 131 Å². The molecular weight excluding hydrogens is 334 g/mol. The summed E-state index contributed by atoms with van der Waals surface area (Å²) in [4.78, 5) is 23.5. The van der Waals surface area contributed by atoms with Crippen molar-refractivity contribution in [3.8, 4) is 0 Å². The Morgan fingerprint density at radius 3 is 2.52 bits per heavy atom. The monoisotopic (exact) mass is 347 g/mol. The van der Waals surface area contributed by atoms with Gasteiger partial charge in [-0.25, -0.2) is 4.79 Å². The Balaban J connectivity index is 1.89. The largest absolute Gasteiger partial charge is 0.452 e. The molecule has 0 aliphatic rings. The number of ether oxygens (including phenoxy) is 1. The van der Waals surface area contributed by atoms with Crippen LogP contribution in [0.1, 0.15) is 15.9 Å². The Kier molecular flexibility index (Phi) is 5.11. The predicted molar refractivity (Wildman–Crippen MR) is 84.2 cm³/mol. The minimum Gasteiger partial charge on any atom is -0.452 e. The highest BCUT2D eigenvalue weighted by Gasteiger charge is 2.10. The molecule has 2 aromatic carbocycles. The number of aryl methyl sites for hydroxylation is 1. The van der Waals surface area contributed by atoms with Crippen LogP contribution in [0.5, 0.6) is 0 Å². The third-order valence-electron chi connectivity index (χ3n) is 2.81. The van der Waals surface area contributed by atoms with Crippen molar-refractivity contribution in [2.75, 3.05) is 11.9 Å². The van der Waals surface area contributed by atoms with E-state index in [0.29, 0.717) is 11.3 Å². The van der Waals surface area contributed by atoms with E-state index >= 15 is 0 Å². The van der Waals surface area contributed by atoms with E-state index in [-0.39, 0.29) is 12.5 Å². The standard InChI is InChI=1S/C16H14BrNO3/c1-11-9-13(17)7-8-14(11)18-15(19)10-21-16(20)12-5-3-2-4-6-12/h2-9H,10H2,1H3,(H,18,19). The van der Waals surface area contributed by atoms with Crippen LogP contribution >= 0.6 is 15.9 Å². The molecule has 0 saturated carbocycles. The van der Waals surface area contributed by atoms with E-state index in [1.54, 1.807) is 36.4 Å². The fourth-order valence-electron chi connectivity index (χ4n) is 1.74. The molecule has 0 spiro atoms. The molecule has 2 rings (SSSR count). The van der Waals surface area contributed by atoms with E-state index in [4.69, 9.17) is 4.74 Å². The molecule has 4 nitrogen and oxygen atoms in total. The molecule has 0 atom stereocenters. The lowest BCUT2D eigenvalue weighted by molar-refractivity contribution is -0.119. The zero-order chi connectivity index (χ0) is 15.2. The van der Waals surface area contributed by atoms with Crippen LogP contribution in [0.2, 0.25) is 0 Å². The summed E-state index contributed by atoms with van der Waals surface area (Å²) in [5, 5.41) is 2.71. The van der Waals surface area contributed by atoms with Gasteiger partial charge in [-0.05, 0) is 42.8 Å². The molecular formula is C16H14BrNO3. The van der Waals surface area contributed by atoms with Gasteiger partial charge >= 0.3 is 5.97 Å². The topological polar surface area (TPSA) is 55.4 Å². The zero-order valence-electron chi connectivity index (χ0n) is 11.4. The van der Waals surface area contributed by atoms with E-state index in [0.717, 1.165) is 10.0 Å². The Morgan fingerprint density at radius 1 is 1.14 bits per heavy atom. The van der Waals surface area contributed by atoms with Gasteiger partial charge in [-0.1, -0.05) is 34.1 Å². The van der Waals surface area contributed by atoms with Crippen LogP contribution in [-0.4, -0.2) is 18.5 Å². The second-order valence-electron chi connectivity index (χ2n) is 4.45. The molecule has 1 N–H and O–H groups in total. The summed E-state index contributed by atoms with van der Waals surface area (Å²) in [6.45, 7) is 1.57. The number of rotatable bonds is 4. The van der Waals surface area contributed by atoms with Crippen molar-refractivity contribution in [1.29, 1.82) is 0 Å². The van der Waals surface area contributed by atoms with Crippen molar-refractivity contribution in [1.82, 2.24) is 0 Å². The molecule has 0 aliphatic carbocycles. The molecule has 0 heterocycles. The number of nitrogens with one attached hydrogen (secondary N) is 1. The van der Waals surface area contributed by atoms with Crippen LogP contribution in [-0.2, 0) is 9.53 Å². The van der Waals surface area contributed by atoms with Crippen LogP contribution < -0.4 is 5.32 Å². The summed E-state index contributed by atoms with van der Waals surface area (Å²) in [7, 11) is 0. The molecule has 2 aromatic rings. The average molecular weight is 348 g/mol. The first-order chi connectivity index (χ1) is 10.1. The fraction of sp³-hybridized carbons (Fsp3) is 0.125. The maximum Gasteiger partial charge on any atom is 0.338 e. The van der Waals surface area contributed by atoms with Gasteiger partial charge < -0.3 is 10.1 Å². The number of halogens is 1. The van der Waals surface area contributed by atoms with Crippen molar-refractivity contribution in [2.24, 2.45) is 0 Å². The van der Waals surface area contributed by atoms with Crippen molar-refractivity contribution >= 4 is 33.5 Å². The highest BCUT2D eigenvalue weighted by Crippen LogP contribution is 2.19. The van der Waals surface area contributed by atoms with Gasteiger partial charge in [0.15, 0.2) is 6.61 Å². The summed E-state index contributed by atoms with van der Waals surface area (Å²) in [5.41, 5.74) is 2.04. The molecule has 0 unspecified atom stereocenters. The zero-order valence-corrected chi connectivity index (χ0v) is 13.0. The third kappa shape index (κ3) is 4.43. The van der Waals surface area contributed by atoms with Crippen molar-refractivity contribution in [3.05, 3.63) is 64.1 Å². The molecule has 5 heteroatoms.